The third-order valence-corrected chi connectivity index (χ3v) is 5.36. The van der Waals surface area contributed by atoms with Gasteiger partial charge in [0, 0.05) is 6.07 Å². The zero-order valence-electron chi connectivity index (χ0n) is 23.2. The van der Waals surface area contributed by atoms with Gasteiger partial charge in [0.25, 0.3) is 0 Å². The lowest BCUT2D eigenvalue weighted by molar-refractivity contribution is -0.156. The van der Waals surface area contributed by atoms with Crippen LogP contribution in [0.25, 0.3) is 0 Å². The molecule has 0 bridgehead atoms. The van der Waals surface area contributed by atoms with E-state index in [4.69, 9.17) is 14.2 Å². The number of Topliss-reactive ketones (excluding diaryl/α,β-unsaturated/α-hetero) is 1. The quantitative estimate of drug-likeness (QED) is 0.216. The van der Waals surface area contributed by atoms with E-state index >= 15 is 0 Å². The summed E-state index contributed by atoms with van der Waals surface area (Å²) in [5, 5.41) is 4.70. The van der Waals surface area contributed by atoms with Gasteiger partial charge >= 0.3 is 12.1 Å². The van der Waals surface area contributed by atoms with E-state index in [1.807, 2.05) is 0 Å². The lowest BCUT2D eigenvalue weighted by atomic mass is 10.0. The first-order chi connectivity index (χ1) is 19.1. The summed E-state index contributed by atoms with van der Waals surface area (Å²) in [6.45, 7) is 6.63. The lowest BCUT2D eigenvalue weighted by Crippen LogP contribution is -2.54. The van der Waals surface area contributed by atoms with E-state index in [2.05, 4.69) is 10.6 Å². The van der Waals surface area contributed by atoms with E-state index in [0.717, 1.165) is 0 Å². The Morgan fingerprint density at radius 1 is 0.902 bits per heavy atom. The lowest BCUT2D eigenvalue weighted by Gasteiger charge is -2.26. The van der Waals surface area contributed by atoms with Crippen molar-refractivity contribution in [3.05, 3.63) is 65.2 Å². The first-order valence-electron chi connectivity index (χ1n) is 12.6. The third-order valence-electron chi connectivity index (χ3n) is 5.36. The van der Waals surface area contributed by atoms with Crippen molar-refractivity contribution in [1.82, 2.24) is 10.6 Å². The fourth-order valence-electron chi connectivity index (χ4n) is 3.41. The summed E-state index contributed by atoms with van der Waals surface area (Å²) in [6.07, 6.45) is -1.66. The number of ether oxygens (including phenoxy) is 3. The Kier molecular flexibility index (Phi) is 11.7. The molecule has 9 nitrogen and oxygen atoms in total. The zero-order chi connectivity index (χ0) is 30.9. The first-order valence-corrected chi connectivity index (χ1v) is 12.6. The van der Waals surface area contributed by atoms with Gasteiger partial charge in [0.05, 0.1) is 6.42 Å². The topological polar surface area (TPSA) is 120 Å². The molecular weight excluding hydrogens is 552 g/mol. The summed E-state index contributed by atoms with van der Waals surface area (Å²) in [5.41, 5.74) is -0.261. The van der Waals surface area contributed by atoms with Crippen LogP contribution in [0.5, 0.6) is 5.75 Å². The van der Waals surface area contributed by atoms with Crippen LogP contribution in [0.15, 0.2) is 36.4 Å². The average Bonchev–Trinajstić information content (AvgIpc) is 2.88. The minimum Gasteiger partial charge on any atom is -0.479 e. The van der Waals surface area contributed by atoms with Gasteiger partial charge in [0.15, 0.2) is 23.2 Å². The van der Waals surface area contributed by atoms with Crippen LogP contribution in [0, 0.1) is 29.2 Å². The van der Waals surface area contributed by atoms with E-state index in [9.17, 15) is 36.7 Å². The highest BCUT2D eigenvalue weighted by Crippen LogP contribution is 2.26. The van der Waals surface area contributed by atoms with Gasteiger partial charge < -0.3 is 24.8 Å². The number of halogens is 4. The van der Waals surface area contributed by atoms with Crippen LogP contribution in [0.2, 0.25) is 0 Å². The number of ketones is 1. The molecule has 0 spiro atoms. The van der Waals surface area contributed by atoms with Crippen LogP contribution in [0.4, 0.5) is 22.4 Å². The van der Waals surface area contributed by atoms with E-state index in [-0.39, 0.29) is 12.7 Å². The summed E-state index contributed by atoms with van der Waals surface area (Å²) in [7, 11) is 0. The monoisotopic (exact) mass is 584 g/mol. The third kappa shape index (κ3) is 10.4. The molecule has 2 atom stereocenters. The molecule has 2 unspecified atom stereocenters. The number of esters is 1. The predicted octanol–water partition coefficient (Wildman–Crippen LogP) is 4.36. The number of hydrogen-bond acceptors (Lipinski definition) is 7. The molecule has 2 rings (SSSR count). The molecule has 0 aliphatic heterocycles. The number of nitrogens with one attached hydrogen (secondary N) is 2. The zero-order valence-corrected chi connectivity index (χ0v) is 23.2. The molecule has 0 aliphatic carbocycles. The van der Waals surface area contributed by atoms with E-state index in [1.54, 1.807) is 65.0 Å². The Morgan fingerprint density at radius 2 is 1.49 bits per heavy atom. The number of carbonyl (C=O) groups excluding carboxylic acids is 4. The summed E-state index contributed by atoms with van der Waals surface area (Å²) >= 11 is 0. The van der Waals surface area contributed by atoms with Crippen molar-refractivity contribution in [3.8, 4) is 5.75 Å². The second-order valence-electron chi connectivity index (χ2n) is 10.3. The van der Waals surface area contributed by atoms with Gasteiger partial charge in [0.1, 0.15) is 30.9 Å². The highest BCUT2D eigenvalue weighted by molar-refractivity contribution is 5.95. The van der Waals surface area contributed by atoms with Crippen LogP contribution < -0.4 is 15.4 Å². The van der Waals surface area contributed by atoms with Crippen LogP contribution in [-0.4, -0.2) is 48.0 Å². The Morgan fingerprint density at radius 3 is 2.02 bits per heavy atom. The second kappa shape index (κ2) is 14.5. The van der Waals surface area contributed by atoms with Gasteiger partial charge in [-0.3, -0.25) is 14.4 Å². The average molecular weight is 585 g/mol. The normalized spacial score (nSPS) is 12.7. The minimum atomic E-state index is -1.87. The molecular formula is C28H32F4N2O7. The van der Waals surface area contributed by atoms with Crippen molar-refractivity contribution < 1.29 is 51.0 Å². The Bertz CT molecular complexity index is 1220. The molecule has 0 aliphatic rings. The molecule has 13 heteroatoms. The maximum Gasteiger partial charge on any atom is 0.408 e. The largest absolute Gasteiger partial charge is 0.479 e. The molecule has 0 aromatic heterocycles. The van der Waals surface area contributed by atoms with Gasteiger partial charge in [-0.2, -0.15) is 8.78 Å². The van der Waals surface area contributed by atoms with Gasteiger partial charge in [-0.1, -0.05) is 44.2 Å². The van der Waals surface area contributed by atoms with Crippen molar-refractivity contribution in [2.45, 2.75) is 65.3 Å². The summed E-state index contributed by atoms with van der Waals surface area (Å²) in [5.74, 6) is -12.2. The Labute approximate surface area is 234 Å². The molecule has 0 heterocycles. The van der Waals surface area contributed by atoms with Crippen molar-refractivity contribution in [1.29, 1.82) is 0 Å². The number of hydrogen-bond donors (Lipinski definition) is 2. The van der Waals surface area contributed by atoms with Crippen LogP contribution in [-0.2, 0) is 30.5 Å². The molecule has 0 fully saturated rings. The summed E-state index contributed by atoms with van der Waals surface area (Å²) in [6, 6.07) is 5.81. The van der Waals surface area contributed by atoms with Gasteiger partial charge in [-0.25, -0.2) is 13.6 Å². The molecule has 224 valence electrons. The van der Waals surface area contributed by atoms with Gasteiger partial charge in [-0.05, 0) is 32.3 Å². The van der Waals surface area contributed by atoms with E-state index in [1.165, 1.54) is 0 Å². The maximum absolute atomic E-state index is 14.0. The highest BCUT2D eigenvalue weighted by Gasteiger charge is 2.32. The fraction of sp³-hybridized carbons (Fsp3) is 0.429. The first kappa shape index (κ1) is 33.0. The molecule has 41 heavy (non-hydrogen) atoms. The van der Waals surface area contributed by atoms with Crippen LogP contribution in [0.3, 0.4) is 0 Å². The highest BCUT2D eigenvalue weighted by atomic mass is 19.2. The number of alkyl carbamates (subject to hydrolysis) is 1. The fourth-order valence-corrected chi connectivity index (χ4v) is 3.41. The summed E-state index contributed by atoms with van der Waals surface area (Å²) < 4.78 is 70.0. The maximum atomic E-state index is 14.0. The molecule has 2 N–H and O–H groups in total. The van der Waals surface area contributed by atoms with E-state index in [0.29, 0.717) is 5.56 Å². The SMILES string of the molecule is CC(C)C(NC(=O)OCc1ccccc1)C(=O)NC(CC(=O)OC(C)(C)C)C(=O)COc1c(F)c(F)cc(F)c1F. The molecule has 2 aromatic carbocycles. The van der Waals surface area contributed by atoms with Crippen molar-refractivity contribution in [3.63, 3.8) is 0 Å². The van der Waals surface area contributed by atoms with E-state index < -0.39 is 89.4 Å². The molecule has 0 saturated carbocycles. The Hall–Kier alpha value is -4.16. The Balaban J connectivity index is 2.17. The number of carbonyl (C=O) groups is 4. The molecule has 0 saturated heterocycles. The number of rotatable bonds is 12. The minimum absolute atomic E-state index is 0.0329. The second-order valence-corrected chi connectivity index (χ2v) is 10.3. The standard InChI is InChI=1S/C28H32F4N2O7/c1-15(2)24(34-27(38)40-13-16-9-7-6-8-10-16)26(37)33-19(12-21(36)41-28(3,4)5)20(35)14-39-25-22(31)17(29)11-18(30)23(25)32/h6-11,15,19,24H,12-14H2,1-5H3,(H,33,37)(H,34,38). The molecule has 2 aromatic rings. The molecule has 0 radical (unpaired) electrons. The van der Waals surface area contributed by atoms with Gasteiger partial charge in [0.2, 0.25) is 17.5 Å². The summed E-state index contributed by atoms with van der Waals surface area (Å²) in [4.78, 5) is 50.8. The molecule has 2 amide bonds. The smallest absolute Gasteiger partial charge is 0.408 e. The number of amides is 2. The predicted molar refractivity (Wildman–Crippen MR) is 138 cm³/mol. The number of benzene rings is 2. The van der Waals surface area contributed by atoms with Crippen molar-refractivity contribution in [2.24, 2.45) is 5.92 Å². The van der Waals surface area contributed by atoms with Crippen LogP contribution in [0.1, 0.15) is 46.6 Å². The van der Waals surface area contributed by atoms with Crippen molar-refractivity contribution >= 4 is 23.8 Å². The van der Waals surface area contributed by atoms with Crippen LogP contribution >= 0.6 is 0 Å². The van der Waals surface area contributed by atoms with Crippen molar-refractivity contribution in [2.75, 3.05) is 6.61 Å². The van der Waals surface area contributed by atoms with Gasteiger partial charge in [-0.15, -0.1) is 0 Å².